The number of halogens is 3. The Morgan fingerprint density at radius 1 is 0.862 bits per heavy atom. The highest BCUT2D eigenvalue weighted by atomic mass is 19.4. The van der Waals surface area contributed by atoms with Gasteiger partial charge < -0.3 is 4.74 Å². The number of aromatic nitrogens is 1. The summed E-state index contributed by atoms with van der Waals surface area (Å²) in [7, 11) is 1.88. The van der Waals surface area contributed by atoms with Gasteiger partial charge >= 0.3 is 6.18 Å². The predicted molar refractivity (Wildman–Crippen MR) is 107 cm³/mol. The molecule has 0 saturated carbocycles. The maximum atomic E-state index is 13.2. The molecule has 0 saturated heterocycles. The topological polar surface area (TPSA) is 13.1 Å². The van der Waals surface area contributed by atoms with E-state index in [0.29, 0.717) is 11.1 Å². The number of pyridine rings is 1. The maximum absolute atomic E-state index is 13.2. The molecule has 0 bridgehead atoms. The summed E-state index contributed by atoms with van der Waals surface area (Å²) in [4.78, 5) is 0. The van der Waals surface area contributed by atoms with Gasteiger partial charge in [0.15, 0.2) is 5.75 Å². The summed E-state index contributed by atoms with van der Waals surface area (Å²) < 4.78 is 47.8. The Bertz CT molecular complexity index is 1350. The van der Waals surface area contributed by atoms with Crippen LogP contribution in [0.1, 0.15) is 22.3 Å². The van der Waals surface area contributed by atoms with Gasteiger partial charge in [-0.25, -0.2) is 0 Å². The van der Waals surface area contributed by atoms with E-state index in [-0.39, 0.29) is 0 Å². The summed E-state index contributed by atoms with van der Waals surface area (Å²) in [6, 6.07) is 11.9. The molecule has 0 atom stereocenters. The highest BCUT2D eigenvalue weighted by Gasteiger charge is 2.34. The number of ether oxygens (including phenoxy) is 1. The number of nitrogens with zero attached hydrogens (tertiary/aromatic N) is 1. The number of hydrogen-bond acceptors (Lipinski definition) is 1. The molecule has 0 fully saturated rings. The summed E-state index contributed by atoms with van der Waals surface area (Å²) in [6.45, 7) is 6.18. The molecule has 0 radical (unpaired) electrons. The van der Waals surface area contributed by atoms with Gasteiger partial charge in [0.1, 0.15) is 12.8 Å². The summed E-state index contributed by atoms with van der Waals surface area (Å²) in [5.74, 6) is 1.32. The lowest BCUT2D eigenvalue weighted by molar-refractivity contribution is -0.633. The molecule has 1 aliphatic rings. The van der Waals surface area contributed by atoms with Crippen molar-refractivity contribution in [1.29, 1.82) is 0 Å². The monoisotopic (exact) mass is 394 g/mol. The van der Waals surface area contributed by atoms with Crippen molar-refractivity contribution >= 4 is 21.7 Å². The fraction of sp³-hybridized carbons (Fsp3) is 0.208. The fourth-order valence-electron chi connectivity index (χ4n) is 4.40. The largest absolute Gasteiger partial charge is 0.450 e. The van der Waals surface area contributed by atoms with Crippen LogP contribution in [0.5, 0.6) is 11.5 Å². The van der Waals surface area contributed by atoms with Crippen LogP contribution in [0.3, 0.4) is 0 Å². The van der Waals surface area contributed by atoms with E-state index in [2.05, 4.69) is 26.0 Å². The number of fused-ring (bicyclic) bond motifs is 3. The second-order valence-corrected chi connectivity index (χ2v) is 7.84. The Balaban J connectivity index is 1.91. The van der Waals surface area contributed by atoms with Gasteiger partial charge in [-0.1, -0.05) is 12.1 Å². The third-order valence-electron chi connectivity index (χ3n) is 5.89. The Morgan fingerprint density at radius 2 is 1.62 bits per heavy atom. The van der Waals surface area contributed by atoms with E-state index >= 15 is 0 Å². The van der Waals surface area contributed by atoms with Crippen LogP contribution >= 0.6 is 0 Å². The van der Waals surface area contributed by atoms with Crippen LogP contribution in [0.4, 0.5) is 13.2 Å². The van der Waals surface area contributed by atoms with E-state index in [9.17, 15) is 13.2 Å². The van der Waals surface area contributed by atoms with Crippen LogP contribution in [0, 0.1) is 20.8 Å². The minimum Gasteiger partial charge on any atom is -0.450 e. The minimum absolute atomic E-state index is 0.499. The van der Waals surface area contributed by atoms with Crippen molar-refractivity contribution < 1.29 is 22.5 Å². The molecular formula is C24H19F3NO+. The van der Waals surface area contributed by atoms with E-state index in [1.54, 1.807) is 6.07 Å². The average Bonchev–Trinajstić information content (AvgIpc) is 2.63. The molecule has 2 nitrogen and oxygen atoms in total. The van der Waals surface area contributed by atoms with Crippen molar-refractivity contribution in [1.82, 2.24) is 0 Å². The smallest absolute Gasteiger partial charge is 0.416 e. The standard InChI is InChI=1S/C24H19F3NO/c1-12-7-16-9-13(2)14(3)21-22(16)19(8-12)29-20-11-15-10-17(24(25,26)27)5-6-18(15)28(4)23(20)21/h5-11H,1-4H3/q+1. The van der Waals surface area contributed by atoms with Gasteiger partial charge in [-0.2, -0.15) is 17.7 Å². The zero-order valence-electron chi connectivity index (χ0n) is 16.5. The van der Waals surface area contributed by atoms with E-state index < -0.39 is 11.7 Å². The van der Waals surface area contributed by atoms with E-state index in [1.165, 1.54) is 17.7 Å². The first-order valence-corrected chi connectivity index (χ1v) is 9.42. The fourth-order valence-corrected chi connectivity index (χ4v) is 4.40. The summed E-state index contributed by atoms with van der Waals surface area (Å²) >= 11 is 0. The van der Waals surface area contributed by atoms with Gasteiger partial charge in [-0.15, -0.1) is 0 Å². The third-order valence-corrected chi connectivity index (χ3v) is 5.89. The van der Waals surface area contributed by atoms with Crippen LogP contribution in [0.2, 0.25) is 0 Å². The molecule has 3 aromatic carbocycles. The number of hydrogen-bond donors (Lipinski definition) is 0. The number of alkyl halides is 3. The highest BCUT2D eigenvalue weighted by molar-refractivity contribution is 6.05. The van der Waals surface area contributed by atoms with Crippen LogP contribution in [-0.2, 0) is 13.2 Å². The molecule has 0 N–H and O–H groups in total. The second kappa shape index (κ2) is 5.72. The summed E-state index contributed by atoms with van der Waals surface area (Å²) in [6.07, 6.45) is -4.38. The lowest BCUT2D eigenvalue weighted by Gasteiger charge is -2.23. The maximum Gasteiger partial charge on any atom is 0.416 e. The predicted octanol–water partition coefficient (Wildman–Crippen LogP) is 6.53. The lowest BCUT2D eigenvalue weighted by Crippen LogP contribution is -2.33. The molecule has 0 aliphatic carbocycles. The Labute approximate surface area is 166 Å². The molecule has 4 aromatic rings. The molecule has 1 aliphatic heterocycles. The Morgan fingerprint density at radius 3 is 2.34 bits per heavy atom. The molecule has 146 valence electrons. The molecule has 0 amide bonds. The molecule has 5 heteroatoms. The van der Waals surface area contributed by atoms with Gasteiger partial charge in [0, 0.05) is 17.5 Å². The number of aryl methyl sites for hydroxylation is 3. The first-order chi connectivity index (χ1) is 13.6. The average molecular weight is 394 g/mol. The van der Waals surface area contributed by atoms with Gasteiger partial charge in [-0.05, 0) is 61.0 Å². The highest BCUT2D eigenvalue weighted by Crippen LogP contribution is 2.48. The van der Waals surface area contributed by atoms with Crippen molar-refractivity contribution in [3.63, 3.8) is 0 Å². The van der Waals surface area contributed by atoms with E-state index in [0.717, 1.165) is 50.5 Å². The SMILES string of the molecule is Cc1cc2c3c(c(C)c(C)cc3c1)-c1c(cc3cc(C(F)(F)F)ccc3[n+]1C)O2. The van der Waals surface area contributed by atoms with Crippen molar-refractivity contribution in [2.45, 2.75) is 26.9 Å². The normalized spacial score (nSPS) is 12.9. The first kappa shape index (κ1) is 18.0. The van der Waals surface area contributed by atoms with Gasteiger partial charge in [0.2, 0.25) is 5.52 Å². The number of rotatable bonds is 0. The van der Waals surface area contributed by atoms with Gasteiger partial charge in [-0.3, -0.25) is 0 Å². The zero-order chi connectivity index (χ0) is 20.7. The lowest BCUT2D eigenvalue weighted by atomic mass is 9.89. The van der Waals surface area contributed by atoms with Gasteiger partial charge in [0.25, 0.3) is 5.69 Å². The van der Waals surface area contributed by atoms with Crippen LogP contribution in [0.15, 0.2) is 42.5 Å². The number of benzene rings is 3. The summed E-state index contributed by atoms with van der Waals surface area (Å²) in [5, 5.41) is 2.66. The molecule has 0 spiro atoms. The molecule has 0 unspecified atom stereocenters. The van der Waals surface area contributed by atoms with Crippen molar-refractivity contribution in [2.75, 3.05) is 0 Å². The van der Waals surface area contributed by atoms with Crippen molar-refractivity contribution in [2.24, 2.45) is 7.05 Å². The Hall–Kier alpha value is -3.08. The van der Waals surface area contributed by atoms with Crippen LogP contribution in [0.25, 0.3) is 32.9 Å². The van der Waals surface area contributed by atoms with Crippen molar-refractivity contribution in [3.05, 3.63) is 64.7 Å². The zero-order valence-corrected chi connectivity index (χ0v) is 16.5. The second-order valence-electron chi connectivity index (χ2n) is 7.84. The minimum atomic E-state index is -4.38. The quantitative estimate of drug-likeness (QED) is 0.272. The van der Waals surface area contributed by atoms with Crippen LogP contribution < -0.4 is 9.30 Å². The summed E-state index contributed by atoms with van der Waals surface area (Å²) in [5.41, 5.74) is 5.43. The molecular weight excluding hydrogens is 375 g/mol. The third kappa shape index (κ3) is 2.53. The molecule has 1 aromatic heterocycles. The van der Waals surface area contributed by atoms with Crippen LogP contribution in [-0.4, -0.2) is 0 Å². The van der Waals surface area contributed by atoms with Gasteiger partial charge in [0.05, 0.1) is 16.5 Å². The van der Waals surface area contributed by atoms with Crippen molar-refractivity contribution in [3.8, 4) is 22.8 Å². The molecule has 2 heterocycles. The molecule has 5 rings (SSSR count). The van der Waals surface area contributed by atoms with E-state index in [4.69, 9.17) is 4.74 Å². The van der Waals surface area contributed by atoms with E-state index in [1.807, 2.05) is 24.6 Å². The Kier molecular flexibility index (Phi) is 3.55. The molecule has 29 heavy (non-hydrogen) atoms. The first-order valence-electron chi connectivity index (χ1n) is 9.42.